The van der Waals surface area contributed by atoms with Crippen molar-refractivity contribution in [2.45, 2.75) is 26.8 Å². The molecule has 1 atom stereocenters. The van der Waals surface area contributed by atoms with Gasteiger partial charge in [0, 0.05) is 6.20 Å². The van der Waals surface area contributed by atoms with E-state index in [1.54, 1.807) is 0 Å². The summed E-state index contributed by atoms with van der Waals surface area (Å²) >= 11 is 0. The quantitative estimate of drug-likeness (QED) is 0.897. The second-order valence-electron chi connectivity index (χ2n) is 5.61. The summed E-state index contributed by atoms with van der Waals surface area (Å²) in [5.74, 6) is 0. The van der Waals surface area contributed by atoms with Crippen LogP contribution in [0.5, 0.6) is 0 Å². The van der Waals surface area contributed by atoms with Crippen LogP contribution in [0.1, 0.15) is 32.5 Å². The highest BCUT2D eigenvalue weighted by atomic mass is 15.3. The lowest BCUT2D eigenvalue weighted by molar-refractivity contribution is 0.281. The van der Waals surface area contributed by atoms with E-state index < -0.39 is 0 Å². The largest absolute Gasteiger partial charge is 0.311 e. The van der Waals surface area contributed by atoms with Crippen LogP contribution in [-0.4, -0.2) is 16.8 Å². The summed E-state index contributed by atoms with van der Waals surface area (Å²) in [6, 6.07) is 12.5. The first kappa shape index (κ1) is 12.8. The molecule has 0 radical (unpaired) electrons. The minimum absolute atomic E-state index is 0.143. The number of nitrogens with one attached hydrogen (secondary N) is 1. The van der Waals surface area contributed by atoms with E-state index in [2.05, 4.69) is 49.4 Å². The summed E-state index contributed by atoms with van der Waals surface area (Å²) in [6.07, 6.45) is 2.01. The third-order valence-electron chi connectivity index (χ3n) is 3.08. The Morgan fingerprint density at radius 3 is 2.33 bits per heavy atom. The summed E-state index contributed by atoms with van der Waals surface area (Å²) in [5.41, 5.74) is 2.31. The number of nitrogens with zero attached hydrogens (tertiary/aromatic N) is 2. The molecule has 0 fully saturated rings. The maximum atomic E-state index is 4.67. The van der Waals surface area contributed by atoms with E-state index in [4.69, 9.17) is 0 Å². The first-order chi connectivity index (χ1) is 8.52. The molecule has 0 amide bonds. The Morgan fingerprint density at radius 2 is 1.78 bits per heavy atom. The zero-order valence-electron chi connectivity index (χ0n) is 11.5. The standard InChI is InChI=1S/C15H21N3/c1-15(2,3)14(16-4)13-10-11-18(17-13)12-8-6-5-7-9-12/h5-11,14,16H,1-4H3. The molecule has 0 aliphatic rings. The van der Waals surface area contributed by atoms with Gasteiger partial charge in [-0.05, 0) is 30.7 Å². The second kappa shape index (κ2) is 4.94. The minimum atomic E-state index is 0.143. The molecule has 1 aromatic heterocycles. The maximum Gasteiger partial charge on any atom is 0.0803 e. The average molecular weight is 243 g/mol. The van der Waals surface area contributed by atoms with Crippen molar-refractivity contribution in [3.63, 3.8) is 0 Å². The monoisotopic (exact) mass is 243 g/mol. The maximum absolute atomic E-state index is 4.67. The Labute approximate surface area is 109 Å². The third kappa shape index (κ3) is 2.62. The van der Waals surface area contributed by atoms with Gasteiger partial charge >= 0.3 is 0 Å². The topological polar surface area (TPSA) is 29.9 Å². The van der Waals surface area contributed by atoms with Gasteiger partial charge in [0.15, 0.2) is 0 Å². The number of hydrogen-bond acceptors (Lipinski definition) is 2. The molecule has 18 heavy (non-hydrogen) atoms. The van der Waals surface area contributed by atoms with E-state index in [1.165, 1.54) is 0 Å². The van der Waals surface area contributed by atoms with Crippen LogP contribution < -0.4 is 5.32 Å². The van der Waals surface area contributed by atoms with Gasteiger partial charge in [-0.3, -0.25) is 0 Å². The fourth-order valence-corrected chi connectivity index (χ4v) is 2.24. The highest BCUT2D eigenvalue weighted by Crippen LogP contribution is 2.31. The van der Waals surface area contributed by atoms with Crippen molar-refractivity contribution in [2.75, 3.05) is 7.05 Å². The molecule has 1 aromatic carbocycles. The van der Waals surface area contributed by atoms with Gasteiger partial charge in [-0.2, -0.15) is 5.10 Å². The van der Waals surface area contributed by atoms with Gasteiger partial charge in [0.2, 0.25) is 0 Å². The molecule has 0 saturated heterocycles. The third-order valence-corrected chi connectivity index (χ3v) is 3.08. The van der Waals surface area contributed by atoms with Gasteiger partial charge in [0.1, 0.15) is 0 Å². The van der Waals surface area contributed by atoms with Crippen molar-refractivity contribution >= 4 is 0 Å². The van der Waals surface area contributed by atoms with Crippen LogP contribution >= 0.6 is 0 Å². The Bertz CT molecular complexity index is 494. The molecule has 1 N–H and O–H groups in total. The molecule has 3 nitrogen and oxygen atoms in total. The predicted octanol–water partition coefficient (Wildman–Crippen LogP) is 3.18. The fourth-order valence-electron chi connectivity index (χ4n) is 2.24. The number of aromatic nitrogens is 2. The normalized spacial score (nSPS) is 13.6. The van der Waals surface area contributed by atoms with Gasteiger partial charge in [0.05, 0.1) is 17.4 Å². The van der Waals surface area contributed by atoms with Crippen LogP contribution in [0.15, 0.2) is 42.6 Å². The van der Waals surface area contributed by atoms with Gasteiger partial charge in [-0.15, -0.1) is 0 Å². The first-order valence-corrected chi connectivity index (χ1v) is 6.30. The Balaban J connectivity index is 2.31. The van der Waals surface area contributed by atoms with E-state index in [0.717, 1.165) is 11.4 Å². The molecule has 0 bridgehead atoms. The van der Waals surface area contributed by atoms with Gasteiger partial charge in [-0.25, -0.2) is 4.68 Å². The van der Waals surface area contributed by atoms with Gasteiger partial charge in [0.25, 0.3) is 0 Å². The molecule has 2 rings (SSSR count). The lowest BCUT2D eigenvalue weighted by Crippen LogP contribution is -2.30. The van der Waals surface area contributed by atoms with E-state index in [-0.39, 0.29) is 11.5 Å². The molecule has 3 heteroatoms. The molecule has 0 saturated carbocycles. The van der Waals surface area contributed by atoms with Crippen LogP contribution in [-0.2, 0) is 0 Å². The molecular formula is C15H21N3. The highest BCUT2D eigenvalue weighted by molar-refractivity contribution is 5.30. The summed E-state index contributed by atoms with van der Waals surface area (Å²) < 4.78 is 1.92. The molecular weight excluding hydrogens is 222 g/mol. The van der Waals surface area contributed by atoms with Crippen molar-refractivity contribution in [3.8, 4) is 5.69 Å². The van der Waals surface area contributed by atoms with E-state index in [1.807, 2.05) is 36.1 Å². The van der Waals surface area contributed by atoms with Gasteiger partial charge in [-0.1, -0.05) is 39.0 Å². The molecule has 96 valence electrons. The molecule has 1 unspecified atom stereocenters. The van der Waals surface area contributed by atoms with E-state index in [9.17, 15) is 0 Å². The predicted molar refractivity (Wildman–Crippen MR) is 74.8 cm³/mol. The van der Waals surface area contributed by atoms with Crippen LogP contribution in [0.3, 0.4) is 0 Å². The smallest absolute Gasteiger partial charge is 0.0803 e. The van der Waals surface area contributed by atoms with E-state index >= 15 is 0 Å². The Morgan fingerprint density at radius 1 is 1.11 bits per heavy atom. The van der Waals surface area contributed by atoms with Crippen LogP contribution in [0.4, 0.5) is 0 Å². The molecule has 2 aromatic rings. The summed E-state index contributed by atoms with van der Waals surface area (Å²) in [5, 5.41) is 8.02. The van der Waals surface area contributed by atoms with Crippen molar-refractivity contribution in [2.24, 2.45) is 5.41 Å². The second-order valence-corrected chi connectivity index (χ2v) is 5.61. The lowest BCUT2D eigenvalue weighted by atomic mass is 9.85. The van der Waals surface area contributed by atoms with Crippen molar-refractivity contribution in [1.29, 1.82) is 0 Å². The zero-order chi connectivity index (χ0) is 13.2. The minimum Gasteiger partial charge on any atom is -0.311 e. The number of benzene rings is 1. The first-order valence-electron chi connectivity index (χ1n) is 6.30. The van der Waals surface area contributed by atoms with Crippen LogP contribution in [0.25, 0.3) is 5.69 Å². The number of rotatable bonds is 3. The Kier molecular flexibility index (Phi) is 3.53. The van der Waals surface area contributed by atoms with Crippen LogP contribution in [0, 0.1) is 5.41 Å². The summed E-state index contributed by atoms with van der Waals surface area (Å²) in [4.78, 5) is 0. The Hall–Kier alpha value is -1.61. The zero-order valence-corrected chi connectivity index (χ0v) is 11.5. The fraction of sp³-hybridized carbons (Fsp3) is 0.400. The lowest BCUT2D eigenvalue weighted by Gasteiger charge is -2.28. The number of para-hydroxylation sites is 1. The molecule has 0 spiro atoms. The average Bonchev–Trinajstić information content (AvgIpc) is 2.78. The highest BCUT2D eigenvalue weighted by Gasteiger charge is 2.26. The SMILES string of the molecule is CNC(c1ccn(-c2ccccc2)n1)C(C)(C)C. The van der Waals surface area contributed by atoms with Crippen molar-refractivity contribution in [3.05, 3.63) is 48.3 Å². The summed E-state index contributed by atoms with van der Waals surface area (Å²) in [7, 11) is 1.98. The van der Waals surface area contributed by atoms with Gasteiger partial charge < -0.3 is 5.32 Å². The van der Waals surface area contributed by atoms with E-state index in [0.29, 0.717) is 0 Å². The molecule has 0 aliphatic carbocycles. The molecule has 1 heterocycles. The number of hydrogen-bond donors (Lipinski definition) is 1. The van der Waals surface area contributed by atoms with Crippen LogP contribution in [0.2, 0.25) is 0 Å². The van der Waals surface area contributed by atoms with Crippen molar-refractivity contribution in [1.82, 2.24) is 15.1 Å². The van der Waals surface area contributed by atoms with Crippen molar-refractivity contribution < 1.29 is 0 Å². The summed E-state index contributed by atoms with van der Waals surface area (Å²) in [6.45, 7) is 6.65. The molecule has 0 aliphatic heterocycles.